The highest BCUT2D eigenvalue weighted by molar-refractivity contribution is 7.89. The summed E-state index contributed by atoms with van der Waals surface area (Å²) in [5, 5.41) is 3.15. The molecular formula is C12H21N3O2S. The van der Waals surface area contributed by atoms with Gasteiger partial charge in [-0.15, -0.1) is 0 Å². The summed E-state index contributed by atoms with van der Waals surface area (Å²) >= 11 is 0. The first-order chi connectivity index (χ1) is 8.54. The number of hydrogen-bond acceptors (Lipinski definition) is 3. The van der Waals surface area contributed by atoms with Crippen LogP contribution >= 0.6 is 0 Å². The van der Waals surface area contributed by atoms with Crippen LogP contribution in [0.1, 0.15) is 12.8 Å². The Morgan fingerprint density at radius 3 is 2.56 bits per heavy atom. The number of nitrogens with one attached hydrogen (secondary N) is 1. The molecule has 0 bridgehead atoms. The topological polar surface area (TPSA) is 54.3 Å². The summed E-state index contributed by atoms with van der Waals surface area (Å²) in [5.74, 6) is 0.595. The molecule has 102 valence electrons. The fourth-order valence-corrected chi connectivity index (χ4v) is 3.94. The minimum absolute atomic E-state index is 0.400. The van der Waals surface area contributed by atoms with Crippen molar-refractivity contribution in [2.45, 2.75) is 17.7 Å². The molecule has 1 aromatic heterocycles. The Hall–Kier alpha value is -0.850. The number of piperidine rings is 1. The van der Waals surface area contributed by atoms with Crippen LogP contribution < -0.4 is 5.32 Å². The number of aryl methyl sites for hydroxylation is 1. The summed E-state index contributed by atoms with van der Waals surface area (Å²) in [6.07, 6.45) is 5.30. The van der Waals surface area contributed by atoms with Crippen LogP contribution in [0.15, 0.2) is 23.4 Å². The number of sulfonamides is 1. The van der Waals surface area contributed by atoms with E-state index >= 15 is 0 Å². The maximum Gasteiger partial charge on any atom is 0.244 e. The van der Waals surface area contributed by atoms with Gasteiger partial charge in [0.05, 0.1) is 4.90 Å². The van der Waals surface area contributed by atoms with Gasteiger partial charge in [-0.2, -0.15) is 4.31 Å². The summed E-state index contributed by atoms with van der Waals surface area (Å²) in [6.45, 7) is 2.23. The molecule has 0 amide bonds. The highest BCUT2D eigenvalue weighted by Gasteiger charge is 2.29. The lowest BCUT2D eigenvalue weighted by molar-refractivity contribution is 0.270. The van der Waals surface area contributed by atoms with Crippen LogP contribution in [0.25, 0.3) is 0 Å². The molecule has 1 saturated heterocycles. The lowest BCUT2D eigenvalue weighted by atomic mass is 9.98. The molecule has 0 atom stereocenters. The first kappa shape index (κ1) is 13.6. The third-order valence-corrected chi connectivity index (χ3v) is 5.39. The molecule has 18 heavy (non-hydrogen) atoms. The predicted molar refractivity (Wildman–Crippen MR) is 70.8 cm³/mol. The van der Waals surface area contributed by atoms with Crippen molar-refractivity contribution in [3.8, 4) is 0 Å². The zero-order valence-electron chi connectivity index (χ0n) is 11.0. The first-order valence-corrected chi connectivity index (χ1v) is 7.75. The van der Waals surface area contributed by atoms with Crippen molar-refractivity contribution in [3.63, 3.8) is 0 Å². The van der Waals surface area contributed by atoms with Gasteiger partial charge in [0.25, 0.3) is 0 Å². The fraction of sp³-hybridized carbons (Fsp3) is 0.667. The number of aromatic nitrogens is 1. The molecule has 6 heteroatoms. The van der Waals surface area contributed by atoms with Gasteiger partial charge >= 0.3 is 0 Å². The van der Waals surface area contributed by atoms with Gasteiger partial charge in [-0.3, -0.25) is 0 Å². The largest absolute Gasteiger partial charge is 0.356 e. The number of hydrogen-bond donors (Lipinski definition) is 1. The summed E-state index contributed by atoms with van der Waals surface area (Å²) in [7, 11) is 0.482. The van der Waals surface area contributed by atoms with Gasteiger partial charge in [0.2, 0.25) is 10.0 Å². The van der Waals surface area contributed by atoms with Crippen molar-refractivity contribution < 1.29 is 8.42 Å². The van der Waals surface area contributed by atoms with Crippen LogP contribution in [-0.4, -0.2) is 44.0 Å². The first-order valence-electron chi connectivity index (χ1n) is 6.31. The van der Waals surface area contributed by atoms with Gasteiger partial charge in [-0.1, -0.05) is 0 Å². The summed E-state index contributed by atoms with van der Waals surface area (Å²) in [5.41, 5.74) is 0. The van der Waals surface area contributed by atoms with Crippen LogP contribution in [0, 0.1) is 5.92 Å². The molecule has 0 aromatic carbocycles. The Labute approximate surface area is 109 Å². The van der Waals surface area contributed by atoms with Crippen LogP contribution in [-0.2, 0) is 17.1 Å². The van der Waals surface area contributed by atoms with Crippen LogP contribution in [0.5, 0.6) is 0 Å². The third-order valence-electron chi connectivity index (χ3n) is 3.51. The Morgan fingerprint density at radius 1 is 1.39 bits per heavy atom. The van der Waals surface area contributed by atoms with Crippen molar-refractivity contribution in [1.82, 2.24) is 14.2 Å². The molecule has 0 radical (unpaired) electrons. The van der Waals surface area contributed by atoms with Gasteiger partial charge in [-0.05, 0) is 38.4 Å². The molecule has 0 unspecified atom stereocenters. The second-order valence-electron chi connectivity index (χ2n) is 4.92. The van der Waals surface area contributed by atoms with Crippen molar-refractivity contribution in [3.05, 3.63) is 18.5 Å². The van der Waals surface area contributed by atoms with E-state index in [9.17, 15) is 8.42 Å². The minimum Gasteiger partial charge on any atom is -0.356 e. The molecule has 2 rings (SSSR count). The standard InChI is InChI=1S/C12H21N3O2S/c1-13-9-11-3-7-15(8-4-11)18(16,17)12-5-6-14(2)10-12/h5-6,10-11,13H,3-4,7-9H2,1-2H3. The Morgan fingerprint density at radius 2 is 2.06 bits per heavy atom. The summed E-state index contributed by atoms with van der Waals surface area (Å²) in [6, 6.07) is 1.66. The number of nitrogens with zero attached hydrogens (tertiary/aromatic N) is 2. The third kappa shape index (κ3) is 2.76. The van der Waals surface area contributed by atoms with Crippen LogP contribution in [0.3, 0.4) is 0 Å². The van der Waals surface area contributed by atoms with E-state index < -0.39 is 10.0 Å². The fourth-order valence-electron chi connectivity index (χ4n) is 2.42. The van der Waals surface area contributed by atoms with Crippen molar-refractivity contribution in [2.24, 2.45) is 13.0 Å². The molecular weight excluding hydrogens is 250 g/mol. The smallest absolute Gasteiger partial charge is 0.244 e. The molecule has 1 aliphatic rings. The number of rotatable bonds is 4. The molecule has 0 aliphatic carbocycles. The molecule has 1 aliphatic heterocycles. The molecule has 5 nitrogen and oxygen atoms in total. The van der Waals surface area contributed by atoms with Gasteiger partial charge in [0.1, 0.15) is 0 Å². The van der Waals surface area contributed by atoms with Gasteiger partial charge in [-0.25, -0.2) is 8.42 Å². The Kier molecular flexibility index (Phi) is 4.09. The molecule has 1 N–H and O–H groups in total. The maximum absolute atomic E-state index is 12.4. The zero-order chi connectivity index (χ0) is 13.2. The van der Waals surface area contributed by atoms with Gasteiger partial charge < -0.3 is 9.88 Å². The van der Waals surface area contributed by atoms with Crippen molar-refractivity contribution in [1.29, 1.82) is 0 Å². The van der Waals surface area contributed by atoms with E-state index in [-0.39, 0.29) is 0 Å². The van der Waals surface area contributed by atoms with Gasteiger partial charge in [0, 0.05) is 32.5 Å². The highest BCUT2D eigenvalue weighted by atomic mass is 32.2. The molecule has 2 heterocycles. The van der Waals surface area contributed by atoms with Gasteiger partial charge in [0.15, 0.2) is 0 Å². The minimum atomic E-state index is -3.29. The zero-order valence-corrected chi connectivity index (χ0v) is 11.8. The van der Waals surface area contributed by atoms with Crippen molar-refractivity contribution in [2.75, 3.05) is 26.7 Å². The average Bonchev–Trinajstić information content (AvgIpc) is 2.78. The Balaban J connectivity index is 2.05. The van der Waals surface area contributed by atoms with E-state index in [4.69, 9.17) is 0 Å². The quantitative estimate of drug-likeness (QED) is 0.874. The monoisotopic (exact) mass is 271 g/mol. The SMILES string of the molecule is CNCC1CCN(S(=O)(=O)c2ccn(C)c2)CC1. The van der Waals surface area contributed by atoms with E-state index in [1.807, 2.05) is 14.1 Å². The lowest BCUT2D eigenvalue weighted by Crippen LogP contribution is -2.40. The molecule has 0 spiro atoms. The van der Waals surface area contributed by atoms with E-state index in [0.29, 0.717) is 23.9 Å². The van der Waals surface area contributed by atoms with Crippen LogP contribution in [0.4, 0.5) is 0 Å². The lowest BCUT2D eigenvalue weighted by Gasteiger charge is -2.30. The Bertz CT molecular complexity index is 487. The average molecular weight is 271 g/mol. The normalized spacial score (nSPS) is 19.2. The summed E-state index contributed by atoms with van der Waals surface area (Å²) in [4.78, 5) is 0.400. The predicted octanol–water partition coefficient (Wildman–Crippen LogP) is 0.645. The maximum atomic E-state index is 12.4. The van der Waals surface area contributed by atoms with Crippen LogP contribution in [0.2, 0.25) is 0 Å². The van der Waals surface area contributed by atoms with E-state index in [0.717, 1.165) is 19.4 Å². The molecule has 1 fully saturated rings. The van der Waals surface area contributed by atoms with E-state index in [2.05, 4.69) is 5.32 Å². The second-order valence-corrected chi connectivity index (χ2v) is 6.86. The van der Waals surface area contributed by atoms with Crippen molar-refractivity contribution >= 4 is 10.0 Å². The molecule has 1 aromatic rings. The second kappa shape index (κ2) is 5.42. The summed E-state index contributed by atoms with van der Waals surface area (Å²) < 4.78 is 28.1. The highest BCUT2D eigenvalue weighted by Crippen LogP contribution is 2.23. The molecule has 0 saturated carbocycles. The van der Waals surface area contributed by atoms with E-state index in [1.165, 1.54) is 0 Å². The van der Waals surface area contributed by atoms with E-state index in [1.54, 1.807) is 27.3 Å².